The molecule has 1 aromatic heterocycles. The summed E-state index contributed by atoms with van der Waals surface area (Å²) in [4.78, 5) is 33.8. The molecule has 1 atom stereocenters. The molecule has 1 aliphatic rings. The van der Waals surface area contributed by atoms with Gasteiger partial charge in [-0.05, 0) is 49.7 Å². The molecule has 4 aromatic rings. The first-order valence-electron chi connectivity index (χ1n) is 11.1. The van der Waals surface area contributed by atoms with Crippen LogP contribution in [0.3, 0.4) is 0 Å². The van der Waals surface area contributed by atoms with E-state index in [-0.39, 0.29) is 11.5 Å². The highest BCUT2D eigenvalue weighted by Crippen LogP contribution is 2.39. The minimum Gasteiger partial charge on any atom is -0.495 e. The molecule has 0 spiro atoms. The summed E-state index contributed by atoms with van der Waals surface area (Å²) in [5.41, 5.74) is 4.06. The Labute approximate surface area is 192 Å². The second-order valence-corrected chi connectivity index (χ2v) is 8.26. The fourth-order valence-electron chi connectivity index (χ4n) is 4.72. The summed E-state index contributed by atoms with van der Waals surface area (Å²) in [7, 11) is 1.58. The second-order valence-electron chi connectivity index (χ2n) is 8.26. The molecule has 0 saturated heterocycles. The van der Waals surface area contributed by atoms with Crippen molar-refractivity contribution in [1.82, 2.24) is 9.55 Å². The number of fused-ring (bicyclic) bond motifs is 2. The van der Waals surface area contributed by atoms with Gasteiger partial charge in [-0.2, -0.15) is 0 Å². The lowest BCUT2D eigenvalue weighted by atomic mass is 9.95. The molecule has 33 heavy (non-hydrogen) atoms. The summed E-state index contributed by atoms with van der Waals surface area (Å²) in [5, 5.41) is 0.524. The zero-order valence-corrected chi connectivity index (χ0v) is 18.9. The molecule has 1 amide bonds. The summed E-state index contributed by atoms with van der Waals surface area (Å²) in [6.07, 6.45) is 0.309. The number of anilines is 1. The van der Waals surface area contributed by atoms with E-state index in [1.54, 1.807) is 17.7 Å². The van der Waals surface area contributed by atoms with Crippen molar-refractivity contribution in [3.8, 4) is 11.4 Å². The van der Waals surface area contributed by atoms with Gasteiger partial charge in [-0.15, -0.1) is 0 Å². The van der Waals surface area contributed by atoms with Crippen LogP contribution in [0.25, 0.3) is 16.6 Å². The number of aryl methyl sites for hydroxylation is 1. The van der Waals surface area contributed by atoms with Gasteiger partial charge in [-0.25, -0.2) is 4.98 Å². The molecule has 0 radical (unpaired) electrons. The zero-order valence-electron chi connectivity index (χ0n) is 18.9. The summed E-state index contributed by atoms with van der Waals surface area (Å²) < 4.78 is 7.15. The van der Waals surface area contributed by atoms with E-state index in [0.717, 1.165) is 16.8 Å². The van der Waals surface area contributed by atoms with E-state index < -0.39 is 5.92 Å². The number of ether oxygens (including phenoxy) is 1. The molecular weight excluding hydrogens is 414 g/mol. The highest BCUT2D eigenvalue weighted by molar-refractivity contribution is 6.05. The maximum Gasteiger partial charge on any atom is 0.266 e. The van der Waals surface area contributed by atoms with Crippen LogP contribution in [0.4, 0.5) is 5.69 Å². The predicted molar refractivity (Wildman–Crippen MR) is 130 cm³/mol. The average Bonchev–Trinajstić information content (AvgIpc) is 3.09. The number of benzene rings is 3. The van der Waals surface area contributed by atoms with Crippen LogP contribution < -0.4 is 15.2 Å². The molecule has 3 aromatic carbocycles. The van der Waals surface area contributed by atoms with Crippen molar-refractivity contribution < 1.29 is 9.53 Å². The van der Waals surface area contributed by atoms with Gasteiger partial charge in [0.2, 0.25) is 5.91 Å². The quantitative estimate of drug-likeness (QED) is 0.463. The molecule has 0 fully saturated rings. The number of para-hydroxylation sites is 3. The minimum atomic E-state index is -0.408. The predicted octanol–water partition coefficient (Wildman–Crippen LogP) is 4.40. The first kappa shape index (κ1) is 20.9. The van der Waals surface area contributed by atoms with Crippen LogP contribution in [0.1, 0.15) is 29.8 Å². The molecule has 166 valence electrons. The molecule has 2 heterocycles. The largest absolute Gasteiger partial charge is 0.495 e. The molecular formula is C27H25N3O3. The molecule has 0 aliphatic carbocycles. The summed E-state index contributed by atoms with van der Waals surface area (Å²) >= 11 is 0. The number of nitrogens with zero attached hydrogens (tertiary/aromatic N) is 3. The lowest BCUT2D eigenvalue weighted by molar-refractivity contribution is -0.119. The van der Waals surface area contributed by atoms with Gasteiger partial charge < -0.3 is 9.64 Å². The van der Waals surface area contributed by atoms with Crippen molar-refractivity contribution >= 4 is 22.5 Å². The van der Waals surface area contributed by atoms with Gasteiger partial charge in [-0.3, -0.25) is 14.2 Å². The molecule has 6 nitrogen and oxygen atoms in total. The highest BCUT2D eigenvalue weighted by Gasteiger charge is 2.37. The zero-order chi connectivity index (χ0) is 23.1. The maximum absolute atomic E-state index is 13.7. The fraction of sp³-hybridized carbons (Fsp3) is 0.222. The maximum atomic E-state index is 13.7. The topological polar surface area (TPSA) is 64.4 Å². The highest BCUT2D eigenvalue weighted by atomic mass is 16.5. The summed E-state index contributed by atoms with van der Waals surface area (Å²) in [6.45, 7) is 4.59. The van der Waals surface area contributed by atoms with E-state index in [0.29, 0.717) is 41.1 Å². The fourth-order valence-corrected chi connectivity index (χ4v) is 4.72. The van der Waals surface area contributed by atoms with Gasteiger partial charge in [0.15, 0.2) is 0 Å². The van der Waals surface area contributed by atoms with E-state index in [2.05, 4.69) is 6.07 Å². The Morgan fingerprint density at radius 3 is 2.52 bits per heavy atom. The van der Waals surface area contributed by atoms with Gasteiger partial charge in [0.25, 0.3) is 5.56 Å². The smallest absolute Gasteiger partial charge is 0.266 e. The van der Waals surface area contributed by atoms with Crippen molar-refractivity contribution in [2.45, 2.75) is 26.2 Å². The normalized spacial score (nSPS) is 15.2. The standard InChI is InChI=1S/C27H25N3O3/c1-4-29-22-14-13-17(2)15-19(22)20(26(29)31)16-25-28-21-10-6-5-9-18(21)27(32)30(25)23-11-7-8-12-24(23)33-3/h5-15,20H,4,16H2,1-3H3/t20-/m0/s1. The molecule has 5 rings (SSSR count). The van der Waals surface area contributed by atoms with Crippen LogP contribution >= 0.6 is 0 Å². The van der Waals surface area contributed by atoms with E-state index in [1.807, 2.05) is 73.3 Å². The third-order valence-corrected chi connectivity index (χ3v) is 6.29. The van der Waals surface area contributed by atoms with Crippen molar-refractivity contribution in [1.29, 1.82) is 0 Å². The van der Waals surface area contributed by atoms with Gasteiger partial charge in [0.05, 0.1) is 29.6 Å². The number of amides is 1. The number of carbonyl (C=O) groups is 1. The van der Waals surface area contributed by atoms with E-state index in [4.69, 9.17) is 9.72 Å². The summed E-state index contributed by atoms with van der Waals surface area (Å²) in [5.74, 6) is 0.732. The second kappa shape index (κ2) is 8.20. The van der Waals surface area contributed by atoms with Crippen molar-refractivity contribution in [3.05, 3.63) is 94.0 Å². The average molecular weight is 440 g/mol. The third-order valence-electron chi connectivity index (χ3n) is 6.29. The Kier molecular flexibility index (Phi) is 5.21. The van der Waals surface area contributed by atoms with Crippen LogP contribution in [0.15, 0.2) is 71.5 Å². The monoisotopic (exact) mass is 439 g/mol. The van der Waals surface area contributed by atoms with Crippen LogP contribution in [-0.2, 0) is 11.2 Å². The molecule has 0 bridgehead atoms. The SMILES string of the molecule is CCN1C(=O)[C@@H](Cc2nc3ccccc3c(=O)n2-c2ccccc2OC)c2cc(C)ccc21. The van der Waals surface area contributed by atoms with E-state index >= 15 is 0 Å². The number of likely N-dealkylation sites (N-methyl/N-ethyl adjacent to an activating group) is 1. The number of rotatable bonds is 5. The number of methoxy groups -OCH3 is 1. The lowest BCUT2D eigenvalue weighted by Gasteiger charge is -2.18. The first-order valence-corrected chi connectivity index (χ1v) is 11.1. The van der Waals surface area contributed by atoms with Gasteiger partial charge in [0, 0.05) is 18.7 Å². The van der Waals surface area contributed by atoms with Gasteiger partial charge in [-0.1, -0.05) is 42.0 Å². The Morgan fingerprint density at radius 1 is 0.970 bits per heavy atom. The van der Waals surface area contributed by atoms with Crippen LogP contribution in [0.2, 0.25) is 0 Å². The lowest BCUT2D eigenvalue weighted by Crippen LogP contribution is -2.31. The van der Waals surface area contributed by atoms with Crippen LogP contribution in [0, 0.1) is 6.92 Å². The Bertz CT molecular complexity index is 1440. The first-order chi connectivity index (χ1) is 16.0. The van der Waals surface area contributed by atoms with Gasteiger partial charge >= 0.3 is 0 Å². The number of carbonyl (C=O) groups excluding carboxylic acids is 1. The Balaban J connectivity index is 1.73. The van der Waals surface area contributed by atoms with Crippen LogP contribution in [-0.4, -0.2) is 29.1 Å². The molecule has 0 unspecified atom stereocenters. The van der Waals surface area contributed by atoms with Crippen molar-refractivity contribution in [2.24, 2.45) is 0 Å². The number of hydrogen-bond acceptors (Lipinski definition) is 4. The van der Waals surface area contributed by atoms with Crippen molar-refractivity contribution in [3.63, 3.8) is 0 Å². The molecule has 6 heteroatoms. The van der Waals surface area contributed by atoms with E-state index in [1.165, 1.54) is 0 Å². The number of aromatic nitrogens is 2. The van der Waals surface area contributed by atoms with Crippen LogP contribution in [0.5, 0.6) is 5.75 Å². The molecule has 0 saturated carbocycles. The van der Waals surface area contributed by atoms with Gasteiger partial charge in [0.1, 0.15) is 11.6 Å². The molecule has 0 N–H and O–H groups in total. The van der Waals surface area contributed by atoms with E-state index in [9.17, 15) is 9.59 Å². The van der Waals surface area contributed by atoms with Crippen molar-refractivity contribution in [2.75, 3.05) is 18.6 Å². The Morgan fingerprint density at radius 2 is 1.73 bits per heavy atom. The summed E-state index contributed by atoms with van der Waals surface area (Å²) in [6, 6.07) is 20.8. The third kappa shape index (κ3) is 3.39. The Hall–Kier alpha value is -3.93. The molecule has 1 aliphatic heterocycles. The minimum absolute atomic E-state index is 0.0343. The number of hydrogen-bond donors (Lipinski definition) is 0.